The third kappa shape index (κ3) is 17.3. The summed E-state index contributed by atoms with van der Waals surface area (Å²) in [5.74, 6) is -6.12. The van der Waals surface area contributed by atoms with Gasteiger partial charge in [0.15, 0.2) is 11.4 Å². The minimum absolute atomic E-state index is 0.0553. The van der Waals surface area contributed by atoms with E-state index < -0.39 is 124 Å². The van der Waals surface area contributed by atoms with E-state index in [2.05, 4.69) is 19.2 Å². The molecule has 1 heterocycles. The predicted molar refractivity (Wildman–Crippen MR) is 332 cm³/mol. The maximum absolute atomic E-state index is 16.0. The van der Waals surface area contributed by atoms with Crippen LogP contribution in [0.3, 0.4) is 0 Å². The number of hydrogen-bond donors (Lipinski definition) is 2. The lowest BCUT2D eigenvalue weighted by Gasteiger charge is -2.67. The van der Waals surface area contributed by atoms with Crippen molar-refractivity contribution in [3.8, 4) is 0 Å². The molecule has 2 aromatic carbocycles. The van der Waals surface area contributed by atoms with Gasteiger partial charge in [-0.1, -0.05) is 175 Å². The predicted octanol–water partition coefficient (Wildman–Crippen LogP) is 12.2. The first kappa shape index (κ1) is 71.1. The SMILES string of the molecule is CCCCCCCCCC(CCCCCCC)COC(=O)CSSCC(=O)O[C@H](C(=O)O[C@@H]1C[C@]2(O)[C@H](OC(=O)c3ccccc3)[C@H]3[C@@]4(OC(C)=O)CO[C@H]4C[C@@H](OC)[C@]3(C)C(=O)[C@@H](OC)C(=C1C)C2(C)C)[C@H](NC(=O)OC(C)(C)C)c1ccccc1. The van der Waals surface area contributed by atoms with E-state index in [9.17, 15) is 29.1 Å². The second-order valence-electron chi connectivity index (χ2n) is 25.6. The van der Waals surface area contributed by atoms with Gasteiger partial charge in [0.2, 0.25) is 6.10 Å². The minimum Gasteiger partial charge on any atom is -0.465 e. The summed E-state index contributed by atoms with van der Waals surface area (Å²) in [6, 6.07) is 15.0. The summed E-state index contributed by atoms with van der Waals surface area (Å²) in [7, 11) is 4.91. The fourth-order valence-electron chi connectivity index (χ4n) is 13.5. The van der Waals surface area contributed by atoms with Crippen LogP contribution in [0.15, 0.2) is 71.8 Å². The van der Waals surface area contributed by atoms with E-state index in [1.165, 1.54) is 84.6 Å². The van der Waals surface area contributed by atoms with Crippen LogP contribution in [0.1, 0.15) is 194 Å². The molecule has 1 unspecified atom stereocenters. The summed E-state index contributed by atoms with van der Waals surface area (Å²) in [5, 5.41) is 16.9. The molecule has 6 rings (SSSR count). The van der Waals surface area contributed by atoms with Crippen LogP contribution in [0.2, 0.25) is 0 Å². The van der Waals surface area contributed by atoms with E-state index in [4.69, 9.17) is 42.6 Å². The van der Waals surface area contributed by atoms with Crippen LogP contribution in [0.5, 0.6) is 0 Å². The van der Waals surface area contributed by atoms with E-state index in [-0.39, 0.29) is 41.6 Å². The second-order valence-corrected chi connectivity index (χ2v) is 28.1. The Hall–Kier alpha value is -4.99. The number of ether oxygens (including phenoxy) is 9. The van der Waals surface area contributed by atoms with E-state index in [0.29, 0.717) is 17.7 Å². The number of ketones is 1. The normalized spacial score (nSPS) is 26.7. The summed E-state index contributed by atoms with van der Waals surface area (Å²) < 4.78 is 55.5. The smallest absolute Gasteiger partial charge is 0.408 e. The molecule has 2 bridgehead atoms. The molecule has 3 fully saturated rings. The Morgan fingerprint density at radius 1 is 0.782 bits per heavy atom. The van der Waals surface area contributed by atoms with Crippen molar-refractivity contribution in [2.75, 3.05) is 38.9 Å². The number of alkyl carbamates (subject to hydrolysis) is 1. The molecule has 20 heteroatoms. The third-order valence-corrected chi connectivity index (χ3v) is 20.2. The van der Waals surface area contributed by atoms with Crippen LogP contribution in [-0.4, -0.2) is 139 Å². The molecule has 1 aliphatic heterocycles. The zero-order valence-electron chi connectivity index (χ0n) is 53.4. The van der Waals surface area contributed by atoms with E-state index in [0.717, 1.165) is 60.1 Å². The van der Waals surface area contributed by atoms with Crippen LogP contribution in [0.25, 0.3) is 0 Å². The molecule has 2 aromatic rings. The molecular formula is C67H97NO17S2. The molecule has 1 saturated heterocycles. The van der Waals surface area contributed by atoms with Gasteiger partial charge in [-0.05, 0) is 82.2 Å². The number of hydrogen-bond acceptors (Lipinski definition) is 19. The van der Waals surface area contributed by atoms with Gasteiger partial charge >= 0.3 is 35.9 Å². The molecule has 3 aliphatic carbocycles. The number of Topliss-reactive ketones (excluding diaryl/α,β-unsaturated/α-hetero) is 1. The average Bonchev–Trinajstić information content (AvgIpc) is 0.673. The Morgan fingerprint density at radius 3 is 1.90 bits per heavy atom. The number of esters is 5. The number of nitrogens with one attached hydrogen (secondary N) is 1. The molecule has 18 nitrogen and oxygen atoms in total. The molecule has 0 spiro atoms. The maximum atomic E-state index is 16.0. The van der Waals surface area contributed by atoms with E-state index in [1.807, 2.05) is 0 Å². The van der Waals surface area contributed by atoms with Gasteiger partial charge in [0.05, 0.1) is 36.2 Å². The first-order valence-corrected chi connectivity index (χ1v) is 33.8. The Morgan fingerprint density at radius 2 is 1.36 bits per heavy atom. The second kappa shape index (κ2) is 32.1. The van der Waals surface area contributed by atoms with Crippen molar-refractivity contribution in [2.24, 2.45) is 22.7 Å². The maximum Gasteiger partial charge on any atom is 0.408 e. The Bertz CT molecular complexity index is 2660. The Balaban J connectivity index is 1.32. The van der Waals surface area contributed by atoms with E-state index in [1.54, 1.807) is 97.0 Å². The van der Waals surface area contributed by atoms with Gasteiger partial charge in [0.25, 0.3) is 0 Å². The number of carbonyl (C=O) groups excluding carboxylic acids is 7. The molecule has 2 N–H and O–H groups in total. The van der Waals surface area contributed by atoms with Crippen LogP contribution in [-0.2, 0) is 66.6 Å². The van der Waals surface area contributed by atoms with Gasteiger partial charge in [0.1, 0.15) is 53.2 Å². The third-order valence-electron chi connectivity index (χ3n) is 18.1. The zero-order valence-corrected chi connectivity index (χ0v) is 55.0. The summed E-state index contributed by atoms with van der Waals surface area (Å²) in [6.07, 6.45) is 6.45. The van der Waals surface area contributed by atoms with Crippen molar-refractivity contribution in [2.45, 2.75) is 231 Å². The topological polar surface area (TPSA) is 235 Å². The van der Waals surface area contributed by atoms with Crippen LogP contribution in [0, 0.1) is 22.7 Å². The molecule has 87 heavy (non-hydrogen) atoms. The monoisotopic (exact) mass is 1250 g/mol. The van der Waals surface area contributed by atoms with Crippen molar-refractivity contribution in [1.29, 1.82) is 0 Å². The van der Waals surface area contributed by atoms with Gasteiger partial charge in [-0.3, -0.25) is 19.2 Å². The number of aliphatic hydroxyl groups is 1. The van der Waals surface area contributed by atoms with Crippen LogP contribution in [0.4, 0.5) is 4.79 Å². The highest BCUT2D eigenvalue weighted by atomic mass is 33.1. The fourth-order valence-corrected chi connectivity index (χ4v) is 15.1. The molecule has 484 valence electrons. The van der Waals surface area contributed by atoms with Gasteiger partial charge in [-0.15, -0.1) is 0 Å². The lowest BCUT2D eigenvalue weighted by molar-refractivity contribution is -0.347. The number of carbonyl (C=O) groups is 7. The van der Waals surface area contributed by atoms with Crippen molar-refractivity contribution in [3.63, 3.8) is 0 Å². The zero-order chi connectivity index (χ0) is 63.7. The minimum atomic E-state index is -2.32. The molecule has 4 aliphatic rings. The number of unbranched alkanes of at least 4 members (excludes halogenated alkanes) is 10. The first-order valence-electron chi connectivity index (χ1n) is 31.3. The highest BCUT2D eigenvalue weighted by Crippen LogP contribution is 2.65. The molecule has 0 radical (unpaired) electrons. The Kier molecular flexibility index (Phi) is 26.3. The quantitative estimate of drug-likeness (QED) is 0.0228. The number of benzene rings is 2. The van der Waals surface area contributed by atoms with Gasteiger partial charge in [-0.25, -0.2) is 14.4 Å². The van der Waals surface area contributed by atoms with Crippen molar-refractivity contribution in [1.82, 2.24) is 5.32 Å². The Labute approximate surface area is 523 Å². The summed E-state index contributed by atoms with van der Waals surface area (Å²) in [5.41, 5.74) is -7.30. The number of methoxy groups -OCH3 is 2. The molecular weight excluding hydrogens is 1150 g/mol. The lowest BCUT2D eigenvalue weighted by atomic mass is 9.44. The largest absolute Gasteiger partial charge is 0.465 e. The van der Waals surface area contributed by atoms with Gasteiger partial charge in [0, 0.05) is 39.4 Å². The summed E-state index contributed by atoms with van der Waals surface area (Å²) in [6.45, 7) is 17.4. The summed E-state index contributed by atoms with van der Waals surface area (Å²) in [4.78, 5) is 101. The average molecular weight is 1250 g/mol. The highest BCUT2D eigenvalue weighted by molar-refractivity contribution is 8.77. The van der Waals surface area contributed by atoms with Crippen molar-refractivity contribution in [3.05, 3.63) is 82.9 Å². The highest BCUT2D eigenvalue weighted by Gasteiger charge is 2.78. The molecule has 12 atom stereocenters. The number of amides is 1. The standard InChI is InChI=1S/C67H97NO17S2/c1-13-15-17-19-20-22-26-32-45(31-25-21-18-16-14-2)39-79-51(70)40-86-87-41-52(71)82-56(54(46-33-27-23-28-34-46)68-62(75)85-63(5,6)7)61(74)81-48-38-67(76)59(83-60(73)47-35-29-24-30-36-47)57-65(10,58(72)55(78-12)53(43(48)3)64(67,8)9)49(77-11)37-50-66(57,42-80-50)84-44(4)69/h23-24,27-30,33-36,45,48-50,54-57,59,76H,13-22,25-26,31-32,37-42H2,1-12H3,(H,68,75)/t45?,48-,49-,50+,54-,55+,56+,57-,59-,65+,66-,67+/m1/s1. The van der Waals surface area contributed by atoms with Gasteiger partial charge in [-0.2, -0.15) is 0 Å². The first-order chi connectivity index (χ1) is 41.3. The van der Waals surface area contributed by atoms with E-state index >= 15 is 9.59 Å². The number of rotatable bonds is 32. The van der Waals surface area contributed by atoms with Crippen molar-refractivity contribution >= 4 is 63.3 Å². The molecule has 2 saturated carbocycles. The number of fused-ring (bicyclic) bond motifs is 5. The van der Waals surface area contributed by atoms with Gasteiger partial charge < -0.3 is 53.1 Å². The van der Waals surface area contributed by atoms with Crippen LogP contribution >= 0.6 is 21.6 Å². The van der Waals surface area contributed by atoms with Crippen molar-refractivity contribution < 1.29 is 81.3 Å². The molecule has 0 aromatic heterocycles. The van der Waals surface area contributed by atoms with Crippen LogP contribution < -0.4 is 5.32 Å². The lowest BCUT2D eigenvalue weighted by Crippen LogP contribution is -2.82. The fraction of sp³-hybridized carbons (Fsp3) is 0.687. The molecule has 1 amide bonds. The summed E-state index contributed by atoms with van der Waals surface area (Å²) >= 11 is 0.